The molecule has 21 heavy (non-hydrogen) atoms. The van der Waals surface area contributed by atoms with Gasteiger partial charge in [0.2, 0.25) is 5.91 Å². The Balaban J connectivity index is 2.38. The Kier molecular flexibility index (Phi) is 7.56. The van der Waals surface area contributed by atoms with Crippen LogP contribution in [0.2, 0.25) is 0 Å². The number of carbonyl (C=O) groups is 2. The molecule has 2 N–H and O–H groups in total. The number of hydrogen-bond acceptors (Lipinski definition) is 4. The predicted octanol–water partition coefficient (Wildman–Crippen LogP) is -0.0270. The van der Waals surface area contributed by atoms with Gasteiger partial charge in [0.25, 0.3) is 0 Å². The molecule has 1 saturated heterocycles. The number of esters is 1. The van der Waals surface area contributed by atoms with Crippen molar-refractivity contribution >= 4 is 17.8 Å². The molecule has 7 nitrogen and oxygen atoms in total. The van der Waals surface area contributed by atoms with E-state index in [0.29, 0.717) is 12.5 Å². The lowest BCUT2D eigenvalue weighted by Crippen LogP contribution is -2.49. The molecule has 1 aliphatic heterocycles. The maximum atomic E-state index is 11.6. The number of likely N-dealkylation sites (tertiary alicyclic amines) is 1. The summed E-state index contributed by atoms with van der Waals surface area (Å²) in [7, 11) is 3.11. The first-order chi connectivity index (χ1) is 10.1. The van der Waals surface area contributed by atoms with Gasteiger partial charge in [0, 0.05) is 26.7 Å². The lowest BCUT2D eigenvalue weighted by Gasteiger charge is -2.33. The number of ether oxygens (including phenoxy) is 1. The number of piperidine rings is 1. The van der Waals surface area contributed by atoms with Crippen molar-refractivity contribution in [1.82, 2.24) is 15.5 Å². The molecule has 0 saturated carbocycles. The van der Waals surface area contributed by atoms with Gasteiger partial charge in [-0.2, -0.15) is 0 Å². The van der Waals surface area contributed by atoms with Crippen LogP contribution in [-0.4, -0.2) is 63.1 Å². The molecule has 1 heterocycles. The number of nitrogens with one attached hydrogen (secondary N) is 2. The Morgan fingerprint density at radius 1 is 1.29 bits per heavy atom. The third kappa shape index (κ3) is 5.61. The van der Waals surface area contributed by atoms with Crippen LogP contribution >= 0.6 is 0 Å². The number of guanidine groups is 1. The summed E-state index contributed by atoms with van der Waals surface area (Å²) in [6.07, 6.45) is 2.41. The maximum absolute atomic E-state index is 11.6. The van der Waals surface area contributed by atoms with Crippen LogP contribution in [0, 0.1) is 5.92 Å². The van der Waals surface area contributed by atoms with E-state index >= 15 is 0 Å². The third-order valence-corrected chi connectivity index (χ3v) is 3.52. The first kappa shape index (κ1) is 17.3. The van der Waals surface area contributed by atoms with Crippen LogP contribution in [0.3, 0.4) is 0 Å². The van der Waals surface area contributed by atoms with E-state index < -0.39 is 0 Å². The molecule has 0 aromatic carbocycles. The summed E-state index contributed by atoms with van der Waals surface area (Å²) in [5, 5.41) is 5.86. The average Bonchev–Trinajstić information content (AvgIpc) is 2.53. The highest BCUT2D eigenvalue weighted by Crippen LogP contribution is 2.18. The van der Waals surface area contributed by atoms with Crippen molar-refractivity contribution in [2.24, 2.45) is 10.9 Å². The number of methoxy groups -OCH3 is 1. The third-order valence-electron chi connectivity index (χ3n) is 3.52. The average molecular weight is 298 g/mol. The van der Waals surface area contributed by atoms with Crippen LogP contribution in [0.15, 0.2) is 4.99 Å². The summed E-state index contributed by atoms with van der Waals surface area (Å²) in [5.41, 5.74) is 0. The molecule has 0 unspecified atom stereocenters. The van der Waals surface area contributed by atoms with Crippen molar-refractivity contribution in [3.63, 3.8) is 0 Å². The first-order valence-electron chi connectivity index (χ1n) is 7.42. The van der Waals surface area contributed by atoms with E-state index in [9.17, 15) is 9.59 Å². The summed E-state index contributed by atoms with van der Waals surface area (Å²) in [5.74, 6) is 0.487. The Bertz CT molecular complexity index is 376. The fourth-order valence-electron chi connectivity index (χ4n) is 2.31. The zero-order valence-electron chi connectivity index (χ0n) is 13.1. The molecule has 0 bridgehead atoms. The number of amides is 1. The molecular weight excluding hydrogens is 272 g/mol. The minimum Gasteiger partial charge on any atom is -0.469 e. The zero-order valence-corrected chi connectivity index (χ0v) is 13.1. The predicted molar refractivity (Wildman–Crippen MR) is 81.0 cm³/mol. The zero-order chi connectivity index (χ0) is 15.7. The lowest BCUT2D eigenvalue weighted by molar-refractivity contribution is -0.146. The van der Waals surface area contributed by atoms with Crippen molar-refractivity contribution in [3.8, 4) is 0 Å². The number of rotatable bonds is 5. The van der Waals surface area contributed by atoms with Crippen LogP contribution in [0.5, 0.6) is 0 Å². The topological polar surface area (TPSA) is 83.0 Å². The Labute approximate surface area is 126 Å². The largest absolute Gasteiger partial charge is 0.469 e. The second-order valence-electron chi connectivity index (χ2n) is 5.04. The standard InChI is InChI=1S/C14H26N4O3/c1-4-7-16-12(19)10-17-14(15-2)18-8-5-11(6-9-18)13(20)21-3/h11H,4-10H2,1-3H3,(H,15,17)(H,16,19). The first-order valence-corrected chi connectivity index (χ1v) is 7.42. The molecule has 7 heteroatoms. The van der Waals surface area contributed by atoms with Crippen molar-refractivity contribution in [2.75, 3.05) is 40.3 Å². The van der Waals surface area contributed by atoms with Gasteiger partial charge < -0.3 is 20.3 Å². The summed E-state index contributed by atoms with van der Waals surface area (Å²) in [6, 6.07) is 0. The highest BCUT2D eigenvalue weighted by molar-refractivity contribution is 5.86. The lowest BCUT2D eigenvalue weighted by atomic mass is 9.97. The van der Waals surface area contributed by atoms with Crippen molar-refractivity contribution < 1.29 is 14.3 Å². The fourth-order valence-corrected chi connectivity index (χ4v) is 2.31. The van der Waals surface area contributed by atoms with Crippen molar-refractivity contribution in [2.45, 2.75) is 26.2 Å². The fraction of sp³-hybridized carbons (Fsp3) is 0.786. The monoisotopic (exact) mass is 298 g/mol. The summed E-state index contributed by atoms with van der Waals surface area (Å²) < 4.78 is 4.77. The SMILES string of the molecule is CCCNC(=O)CNC(=NC)N1CCC(C(=O)OC)CC1. The van der Waals surface area contributed by atoms with Gasteiger partial charge in [-0.05, 0) is 19.3 Å². The van der Waals surface area contributed by atoms with Crippen LogP contribution in [0.4, 0.5) is 0 Å². The number of nitrogens with zero attached hydrogens (tertiary/aromatic N) is 2. The normalized spacial score (nSPS) is 16.5. The molecule has 1 fully saturated rings. The number of carbonyl (C=O) groups excluding carboxylic acids is 2. The second-order valence-corrected chi connectivity index (χ2v) is 5.04. The van der Waals surface area contributed by atoms with Gasteiger partial charge >= 0.3 is 5.97 Å². The smallest absolute Gasteiger partial charge is 0.308 e. The van der Waals surface area contributed by atoms with E-state index in [1.54, 1.807) is 7.05 Å². The van der Waals surface area contributed by atoms with E-state index in [1.807, 2.05) is 6.92 Å². The highest BCUT2D eigenvalue weighted by atomic mass is 16.5. The molecule has 1 amide bonds. The van der Waals surface area contributed by atoms with E-state index in [4.69, 9.17) is 4.74 Å². The van der Waals surface area contributed by atoms with Gasteiger partial charge in [0.05, 0.1) is 19.6 Å². The van der Waals surface area contributed by atoms with Gasteiger partial charge in [0.1, 0.15) is 0 Å². The Hall–Kier alpha value is -1.79. The van der Waals surface area contributed by atoms with Crippen LogP contribution < -0.4 is 10.6 Å². The minimum atomic E-state index is -0.142. The maximum Gasteiger partial charge on any atom is 0.308 e. The van der Waals surface area contributed by atoms with Gasteiger partial charge in [-0.15, -0.1) is 0 Å². The van der Waals surface area contributed by atoms with Crippen molar-refractivity contribution in [3.05, 3.63) is 0 Å². The molecule has 1 rings (SSSR count). The molecular formula is C14H26N4O3. The Morgan fingerprint density at radius 2 is 1.95 bits per heavy atom. The van der Waals surface area contributed by atoms with Gasteiger partial charge in [-0.1, -0.05) is 6.92 Å². The van der Waals surface area contributed by atoms with E-state index in [-0.39, 0.29) is 24.3 Å². The van der Waals surface area contributed by atoms with Gasteiger partial charge in [-0.25, -0.2) is 0 Å². The molecule has 0 radical (unpaired) electrons. The summed E-state index contributed by atoms with van der Waals surface area (Å²) >= 11 is 0. The molecule has 0 aromatic heterocycles. The molecule has 0 atom stereocenters. The number of aliphatic imine (C=N–C) groups is 1. The van der Waals surface area contributed by atoms with Crippen LogP contribution in [-0.2, 0) is 14.3 Å². The highest BCUT2D eigenvalue weighted by Gasteiger charge is 2.26. The molecule has 1 aliphatic rings. The van der Waals surface area contributed by atoms with E-state index in [0.717, 1.165) is 32.4 Å². The molecule has 120 valence electrons. The minimum absolute atomic E-state index is 0.0304. The van der Waals surface area contributed by atoms with Crippen LogP contribution in [0.1, 0.15) is 26.2 Å². The quantitative estimate of drug-likeness (QED) is 0.423. The summed E-state index contributed by atoms with van der Waals surface area (Å²) in [4.78, 5) is 29.3. The van der Waals surface area contributed by atoms with Crippen molar-refractivity contribution in [1.29, 1.82) is 0 Å². The van der Waals surface area contributed by atoms with E-state index in [2.05, 4.69) is 20.5 Å². The number of hydrogen-bond donors (Lipinski definition) is 2. The Morgan fingerprint density at radius 3 is 2.48 bits per heavy atom. The second kappa shape index (κ2) is 9.20. The van der Waals surface area contributed by atoms with Crippen LogP contribution in [0.25, 0.3) is 0 Å². The molecule has 0 aliphatic carbocycles. The van der Waals surface area contributed by atoms with E-state index in [1.165, 1.54) is 7.11 Å². The van der Waals surface area contributed by atoms with Gasteiger partial charge in [-0.3, -0.25) is 14.6 Å². The molecule has 0 spiro atoms. The summed E-state index contributed by atoms with van der Waals surface area (Å²) in [6.45, 7) is 4.37. The molecule has 0 aromatic rings. The van der Waals surface area contributed by atoms with Gasteiger partial charge in [0.15, 0.2) is 5.96 Å².